The summed E-state index contributed by atoms with van der Waals surface area (Å²) < 4.78 is 11.1. The maximum atomic E-state index is 11.8. The first-order valence-corrected chi connectivity index (χ1v) is 8.40. The number of hydrogen-bond acceptors (Lipinski definition) is 4. The van der Waals surface area contributed by atoms with Crippen LogP contribution < -0.4 is 20.1 Å². The number of amides is 2. The quantitative estimate of drug-likeness (QED) is 0.601. The monoisotopic (exact) mass is 352 g/mol. The van der Waals surface area contributed by atoms with E-state index in [2.05, 4.69) is 24.5 Å². The number of benzene rings is 1. The number of hydrogen-bond donors (Lipinski definition) is 3. The Morgan fingerprint density at radius 3 is 2.52 bits per heavy atom. The molecule has 1 atom stereocenters. The van der Waals surface area contributed by atoms with Crippen molar-refractivity contribution >= 4 is 12.0 Å². The second-order valence-corrected chi connectivity index (χ2v) is 6.21. The average molecular weight is 352 g/mol. The van der Waals surface area contributed by atoms with Crippen LogP contribution >= 0.6 is 0 Å². The molecule has 140 valence electrons. The van der Waals surface area contributed by atoms with Gasteiger partial charge in [-0.3, -0.25) is 4.79 Å². The molecule has 0 aliphatic rings. The van der Waals surface area contributed by atoms with E-state index in [0.29, 0.717) is 24.0 Å². The molecule has 1 rings (SSSR count). The highest BCUT2D eigenvalue weighted by Gasteiger charge is 2.13. The minimum Gasteiger partial charge on any atom is -0.493 e. The highest BCUT2D eigenvalue weighted by molar-refractivity contribution is 5.75. The van der Waals surface area contributed by atoms with E-state index in [1.54, 1.807) is 7.11 Å². The van der Waals surface area contributed by atoms with E-state index in [-0.39, 0.29) is 19.0 Å². The van der Waals surface area contributed by atoms with Gasteiger partial charge in [0, 0.05) is 6.54 Å². The van der Waals surface area contributed by atoms with Gasteiger partial charge in [-0.2, -0.15) is 0 Å². The number of carbonyl (C=O) groups is 2. The molecule has 0 radical (unpaired) electrons. The molecule has 0 fully saturated rings. The summed E-state index contributed by atoms with van der Waals surface area (Å²) in [5.74, 6) is 0.895. The summed E-state index contributed by atoms with van der Waals surface area (Å²) >= 11 is 0. The van der Waals surface area contributed by atoms with E-state index in [9.17, 15) is 9.59 Å². The van der Waals surface area contributed by atoms with Gasteiger partial charge in [0.25, 0.3) is 0 Å². The van der Waals surface area contributed by atoms with E-state index in [1.807, 2.05) is 25.1 Å². The number of carboxylic acids is 1. The van der Waals surface area contributed by atoms with Crippen molar-refractivity contribution in [3.63, 3.8) is 0 Å². The van der Waals surface area contributed by atoms with Gasteiger partial charge in [-0.25, -0.2) is 4.79 Å². The zero-order valence-electron chi connectivity index (χ0n) is 15.3. The third-order valence-corrected chi connectivity index (χ3v) is 3.61. The summed E-state index contributed by atoms with van der Waals surface area (Å²) in [6.07, 6.45) is 0.845. The number of methoxy groups -OCH3 is 1. The average Bonchev–Trinajstić information content (AvgIpc) is 2.54. The zero-order chi connectivity index (χ0) is 18.8. The Morgan fingerprint density at radius 2 is 1.92 bits per heavy atom. The summed E-state index contributed by atoms with van der Waals surface area (Å²) in [7, 11) is 1.57. The molecule has 7 heteroatoms. The molecule has 25 heavy (non-hydrogen) atoms. The van der Waals surface area contributed by atoms with Crippen LogP contribution in [0.15, 0.2) is 18.2 Å². The lowest BCUT2D eigenvalue weighted by molar-refractivity contribution is -0.136. The zero-order valence-corrected chi connectivity index (χ0v) is 15.3. The summed E-state index contributed by atoms with van der Waals surface area (Å²) in [6, 6.07) is 4.85. The minimum absolute atomic E-state index is 0.0832. The van der Waals surface area contributed by atoms with Crippen molar-refractivity contribution in [3.05, 3.63) is 23.8 Å². The fraction of sp³-hybridized carbons (Fsp3) is 0.556. The highest BCUT2D eigenvalue weighted by Crippen LogP contribution is 2.30. The van der Waals surface area contributed by atoms with Crippen molar-refractivity contribution in [1.82, 2.24) is 10.6 Å². The third kappa shape index (κ3) is 7.78. The molecule has 0 aliphatic carbocycles. The van der Waals surface area contributed by atoms with Gasteiger partial charge >= 0.3 is 12.0 Å². The van der Waals surface area contributed by atoms with Crippen LogP contribution in [0.2, 0.25) is 0 Å². The molecule has 0 aliphatic heterocycles. The second-order valence-electron chi connectivity index (χ2n) is 6.21. The van der Waals surface area contributed by atoms with Crippen LogP contribution in [0.3, 0.4) is 0 Å². The molecule has 7 nitrogen and oxygen atoms in total. The fourth-order valence-electron chi connectivity index (χ4n) is 2.09. The van der Waals surface area contributed by atoms with Crippen molar-refractivity contribution in [3.8, 4) is 11.5 Å². The molecular weight excluding hydrogens is 324 g/mol. The number of carbonyl (C=O) groups excluding carboxylic acids is 1. The van der Waals surface area contributed by atoms with Gasteiger partial charge in [-0.15, -0.1) is 0 Å². The van der Waals surface area contributed by atoms with E-state index >= 15 is 0 Å². The number of aliphatic carboxylic acids is 1. The van der Waals surface area contributed by atoms with Crippen molar-refractivity contribution in [2.45, 2.75) is 39.7 Å². The van der Waals surface area contributed by atoms with Crippen LogP contribution in [-0.4, -0.2) is 37.4 Å². The molecule has 0 bridgehead atoms. The summed E-state index contributed by atoms with van der Waals surface area (Å²) in [5.41, 5.74) is 0.862. The van der Waals surface area contributed by atoms with Gasteiger partial charge in [-0.05, 0) is 37.0 Å². The lowest BCUT2D eigenvalue weighted by Gasteiger charge is -2.17. The molecule has 1 aromatic rings. The predicted molar refractivity (Wildman–Crippen MR) is 95.1 cm³/mol. The largest absolute Gasteiger partial charge is 0.493 e. The minimum atomic E-state index is -0.953. The number of carboxylic acid groups (broad SMARTS) is 1. The summed E-state index contributed by atoms with van der Waals surface area (Å²) in [4.78, 5) is 22.2. The molecule has 0 heterocycles. The molecule has 2 amide bonds. The number of nitrogens with one attached hydrogen (secondary N) is 2. The molecule has 0 aromatic heterocycles. The number of rotatable bonds is 10. The molecule has 0 saturated carbocycles. The van der Waals surface area contributed by atoms with Crippen LogP contribution in [-0.2, 0) is 4.79 Å². The topological polar surface area (TPSA) is 96.9 Å². The first-order chi connectivity index (χ1) is 11.8. The SMILES string of the molecule is COc1cc(C(C)NC(=O)NCCC(=O)O)ccc1OCCC(C)C. The van der Waals surface area contributed by atoms with Crippen LogP contribution in [0.1, 0.15) is 45.2 Å². The Hall–Kier alpha value is -2.44. The van der Waals surface area contributed by atoms with Gasteiger partial charge in [0.15, 0.2) is 11.5 Å². The van der Waals surface area contributed by atoms with E-state index in [1.165, 1.54) is 0 Å². The van der Waals surface area contributed by atoms with Crippen molar-refractivity contribution in [2.75, 3.05) is 20.3 Å². The standard InChI is InChI=1S/C18H28N2O5/c1-12(2)8-10-25-15-6-5-14(11-16(15)24-4)13(3)20-18(23)19-9-7-17(21)22/h5-6,11-13H,7-10H2,1-4H3,(H,21,22)(H2,19,20,23). The van der Waals surface area contributed by atoms with E-state index < -0.39 is 12.0 Å². The number of ether oxygens (including phenoxy) is 2. The van der Waals surface area contributed by atoms with Gasteiger partial charge in [0.05, 0.1) is 26.2 Å². The molecule has 0 spiro atoms. The van der Waals surface area contributed by atoms with Gasteiger partial charge in [0.1, 0.15) is 0 Å². The Balaban J connectivity index is 2.62. The normalized spacial score (nSPS) is 11.7. The van der Waals surface area contributed by atoms with Crippen molar-refractivity contribution in [1.29, 1.82) is 0 Å². The van der Waals surface area contributed by atoms with Crippen molar-refractivity contribution in [2.24, 2.45) is 5.92 Å². The first-order valence-electron chi connectivity index (χ1n) is 8.40. The highest BCUT2D eigenvalue weighted by atomic mass is 16.5. The predicted octanol–water partition coefficient (Wildman–Crippen LogP) is 2.96. The van der Waals surface area contributed by atoms with Gasteiger partial charge in [-0.1, -0.05) is 19.9 Å². The van der Waals surface area contributed by atoms with Gasteiger partial charge < -0.3 is 25.2 Å². The Bertz CT molecular complexity index is 575. The van der Waals surface area contributed by atoms with Gasteiger partial charge in [0.2, 0.25) is 0 Å². The van der Waals surface area contributed by atoms with Crippen LogP contribution in [0.4, 0.5) is 4.79 Å². The maximum Gasteiger partial charge on any atom is 0.315 e. The van der Waals surface area contributed by atoms with Crippen LogP contribution in [0.5, 0.6) is 11.5 Å². The molecule has 0 saturated heterocycles. The number of urea groups is 1. The smallest absolute Gasteiger partial charge is 0.315 e. The lowest BCUT2D eigenvalue weighted by Crippen LogP contribution is -2.38. The fourth-order valence-corrected chi connectivity index (χ4v) is 2.09. The molecular formula is C18H28N2O5. The summed E-state index contributed by atoms with van der Waals surface area (Å²) in [6.45, 7) is 6.81. The van der Waals surface area contributed by atoms with E-state index in [0.717, 1.165) is 12.0 Å². The van der Waals surface area contributed by atoms with Crippen LogP contribution in [0.25, 0.3) is 0 Å². The second kappa shape index (κ2) is 10.4. The lowest BCUT2D eigenvalue weighted by atomic mass is 10.1. The Kier molecular flexibility index (Phi) is 8.60. The third-order valence-electron chi connectivity index (χ3n) is 3.61. The summed E-state index contributed by atoms with van der Waals surface area (Å²) in [5, 5.41) is 13.8. The molecule has 1 unspecified atom stereocenters. The van der Waals surface area contributed by atoms with E-state index in [4.69, 9.17) is 14.6 Å². The molecule has 3 N–H and O–H groups in total. The van der Waals surface area contributed by atoms with Crippen LogP contribution in [0, 0.1) is 5.92 Å². The van der Waals surface area contributed by atoms with Crippen molar-refractivity contribution < 1.29 is 24.2 Å². The Labute approximate surface area is 148 Å². The maximum absolute atomic E-state index is 11.8. The molecule has 1 aromatic carbocycles. The Morgan fingerprint density at radius 1 is 1.20 bits per heavy atom. The first kappa shape index (κ1) is 20.6.